The Morgan fingerprint density at radius 1 is 1.32 bits per heavy atom. The monoisotopic (exact) mass is 275 g/mol. The van der Waals surface area contributed by atoms with E-state index >= 15 is 0 Å². The Morgan fingerprint density at radius 3 is 2.68 bits per heavy atom. The number of aromatic nitrogens is 1. The van der Waals surface area contributed by atoms with E-state index in [4.69, 9.17) is 17.3 Å². The van der Waals surface area contributed by atoms with E-state index in [9.17, 15) is 4.79 Å². The molecule has 1 aromatic heterocycles. The number of carbonyl (C=O) groups is 1. The van der Waals surface area contributed by atoms with Crippen molar-refractivity contribution in [3.63, 3.8) is 0 Å². The highest BCUT2D eigenvalue weighted by molar-refractivity contribution is 6.31. The third-order valence-corrected chi connectivity index (χ3v) is 3.11. The lowest BCUT2D eigenvalue weighted by Crippen LogP contribution is -2.26. The van der Waals surface area contributed by atoms with Crippen molar-refractivity contribution in [1.29, 1.82) is 0 Å². The van der Waals surface area contributed by atoms with Crippen LogP contribution >= 0.6 is 11.6 Å². The summed E-state index contributed by atoms with van der Waals surface area (Å²) in [5, 5.41) is 3.50. The second-order valence-electron chi connectivity index (χ2n) is 4.19. The van der Waals surface area contributed by atoms with Gasteiger partial charge in [0.1, 0.15) is 5.82 Å². The van der Waals surface area contributed by atoms with E-state index in [1.54, 1.807) is 18.2 Å². The summed E-state index contributed by atoms with van der Waals surface area (Å²) in [6, 6.07) is 10.5. The molecule has 0 aliphatic rings. The third kappa shape index (κ3) is 3.23. The van der Waals surface area contributed by atoms with Gasteiger partial charge >= 0.3 is 0 Å². The summed E-state index contributed by atoms with van der Waals surface area (Å²) in [6.07, 6.45) is 1.45. The molecular formula is C14H14ClN3O. The maximum absolute atomic E-state index is 12.0. The Balaban J connectivity index is 2.11. The molecule has 0 aliphatic carbocycles. The largest absolute Gasteiger partial charge is 0.384 e. The summed E-state index contributed by atoms with van der Waals surface area (Å²) in [6.45, 7) is 1.88. The lowest BCUT2D eigenvalue weighted by molar-refractivity contribution is 0.0939. The SMILES string of the molecule is C[C@@H](NC(=O)c1ccc(N)nc1)c1ccccc1Cl. The lowest BCUT2D eigenvalue weighted by atomic mass is 10.1. The molecule has 19 heavy (non-hydrogen) atoms. The van der Waals surface area contributed by atoms with Crippen molar-refractivity contribution in [3.05, 3.63) is 58.7 Å². The number of nitrogens with zero attached hydrogens (tertiary/aromatic N) is 1. The van der Waals surface area contributed by atoms with Crippen LogP contribution in [0.2, 0.25) is 5.02 Å². The van der Waals surface area contributed by atoms with Gasteiger partial charge < -0.3 is 11.1 Å². The summed E-state index contributed by atoms with van der Waals surface area (Å²) < 4.78 is 0. The molecule has 0 saturated carbocycles. The van der Waals surface area contributed by atoms with Gasteiger partial charge in [0.15, 0.2) is 0 Å². The molecule has 0 fully saturated rings. The fourth-order valence-electron chi connectivity index (χ4n) is 1.72. The number of anilines is 1. The average Bonchev–Trinajstić information content (AvgIpc) is 2.39. The Kier molecular flexibility index (Phi) is 4.02. The molecule has 1 aromatic carbocycles. The minimum Gasteiger partial charge on any atom is -0.384 e. The number of benzene rings is 1. The molecule has 1 amide bonds. The van der Waals surface area contributed by atoms with Crippen molar-refractivity contribution in [2.45, 2.75) is 13.0 Å². The van der Waals surface area contributed by atoms with Crippen LogP contribution in [0.4, 0.5) is 5.82 Å². The molecule has 2 rings (SSSR count). The molecule has 0 bridgehead atoms. The van der Waals surface area contributed by atoms with Gasteiger partial charge in [-0.2, -0.15) is 0 Å². The Hall–Kier alpha value is -2.07. The van der Waals surface area contributed by atoms with Crippen LogP contribution in [0.15, 0.2) is 42.6 Å². The van der Waals surface area contributed by atoms with Gasteiger partial charge in [-0.15, -0.1) is 0 Å². The number of carbonyl (C=O) groups excluding carboxylic acids is 1. The summed E-state index contributed by atoms with van der Waals surface area (Å²) >= 11 is 6.09. The highest BCUT2D eigenvalue weighted by Gasteiger charge is 2.13. The predicted molar refractivity (Wildman–Crippen MR) is 76.0 cm³/mol. The smallest absolute Gasteiger partial charge is 0.253 e. The maximum atomic E-state index is 12.0. The first-order valence-corrected chi connectivity index (χ1v) is 6.22. The number of rotatable bonds is 3. The first-order chi connectivity index (χ1) is 9.08. The van der Waals surface area contributed by atoms with Gasteiger partial charge in [0.05, 0.1) is 11.6 Å². The first kappa shape index (κ1) is 13.4. The zero-order valence-corrected chi connectivity index (χ0v) is 11.2. The van der Waals surface area contributed by atoms with Crippen LogP contribution in [0, 0.1) is 0 Å². The Morgan fingerprint density at radius 2 is 2.05 bits per heavy atom. The van der Waals surface area contributed by atoms with Crippen LogP contribution in [0.1, 0.15) is 28.9 Å². The minimum absolute atomic E-state index is 0.182. The van der Waals surface area contributed by atoms with Crippen LogP contribution in [0.25, 0.3) is 0 Å². The van der Waals surface area contributed by atoms with Crippen molar-refractivity contribution >= 4 is 23.3 Å². The van der Waals surface area contributed by atoms with Crippen molar-refractivity contribution in [3.8, 4) is 0 Å². The molecule has 1 heterocycles. The zero-order valence-electron chi connectivity index (χ0n) is 10.4. The first-order valence-electron chi connectivity index (χ1n) is 5.84. The van der Waals surface area contributed by atoms with E-state index < -0.39 is 0 Å². The number of nitrogens with two attached hydrogens (primary N) is 1. The van der Waals surface area contributed by atoms with Gasteiger partial charge in [-0.3, -0.25) is 4.79 Å². The Bertz CT molecular complexity index is 583. The predicted octanol–water partition coefficient (Wildman–Crippen LogP) is 2.81. The van der Waals surface area contributed by atoms with E-state index in [2.05, 4.69) is 10.3 Å². The normalized spacial score (nSPS) is 11.9. The third-order valence-electron chi connectivity index (χ3n) is 2.77. The summed E-state index contributed by atoms with van der Waals surface area (Å²) in [5.41, 5.74) is 6.82. The number of hydrogen-bond donors (Lipinski definition) is 2. The van der Waals surface area contributed by atoms with Crippen LogP contribution < -0.4 is 11.1 Å². The van der Waals surface area contributed by atoms with Gasteiger partial charge in [0, 0.05) is 11.2 Å². The van der Waals surface area contributed by atoms with Gasteiger partial charge in [-0.05, 0) is 30.7 Å². The molecule has 0 aliphatic heterocycles. The van der Waals surface area contributed by atoms with E-state index in [0.717, 1.165) is 5.56 Å². The standard InChI is InChI=1S/C14H14ClN3O/c1-9(11-4-2-3-5-12(11)15)18-14(19)10-6-7-13(16)17-8-10/h2-9H,1H3,(H2,16,17)(H,18,19)/t9-/m1/s1. The fraction of sp³-hybridized carbons (Fsp3) is 0.143. The highest BCUT2D eigenvalue weighted by Crippen LogP contribution is 2.22. The lowest BCUT2D eigenvalue weighted by Gasteiger charge is -2.15. The maximum Gasteiger partial charge on any atom is 0.253 e. The Labute approximate surface area is 116 Å². The second-order valence-corrected chi connectivity index (χ2v) is 4.60. The second kappa shape index (κ2) is 5.71. The van der Waals surface area contributed by atoms with Gasteiger partial charge in [-0.25, -0.2) is 4.98 Å². The molecule has 2 aromatic rings. The molecule has 0 spiro atoms. The molecule has 3 N–H and O–H groups in total. The van der Waals surface area contributed by atoms with Gasteiger partial charge in [0.25, 0.3) is 5.91 Å². The highest BCUT2D eigenvalue weighted by atomic mass is 35.5. The number of nitrogens with one attached hydrogen (secondary N) is 1. The minimum atomic E-state index is -0.208. The number of amides is 1. The van der Waals surface area contributed by atoms with Crippen LogP contribution in [0.3, 0.4) is 0 Å². The topological polar surface area (TPSA) is 68.0 Å². The zero-order chi connectivity index (χ0) is 13.8. The number of halogens is 1. The van der Waals surface area contributed by atoms with Crippen molar-refractivity contribution in [2.24, 2.45) is 0 Å². The van der Waals surface area contributed by atoms with E-state index in [-0.39, 0.29) is 11.9 Å². The van der Waals surface area contributed by atoms with Crippen LogP contribution in [-0.4, -0.2) is 10.9 Å². The fourth-order valence-corrected chi connectivity index (χ4v) is 2.02. The molecule has 0 unspecified atom stereocenters. The summed E-state index contributed by atoms with van der Waals surface area (Å²) in [7, 11) is 0. The van der Waals surface area contributed by atoms with E-state index in [1.165, 1.54) is 6.20 Å². The van der Waals surface area contributed by atoms with Gasteiger partial charge in [-0.1, -0.05) is 29.8 Å². The molecule has 5 heteroatoms. The average molecular weight is 276 g/mol. The number of hydrogen-bond acceptors (Lipinski definition) is 3. The van der Waals surface area contributed by atoms with E-state index in [1.807, 2.05) is 25.1 Å². The van der Waals surface area contributed by atoms with Crippen molar-refractivity contribution in [2.75, 3.05) is 5.73 Å². The van der Waals surface area contributed by atoms with Crippen molar-refractivity contribution < 1.29 is 4.79 Å². The molecule has 4 nitrogen and oxygen atoms in total. The molecule has 0 saturated heterocycles. The van der Waals surface area contributed by atoms with Crippen LogP contribution in [-0.2, 0) is 0 Å². The summed E-state index contributed by atoms with van der Waals surface area (Å²) in [5.74, 6) is 0.177. The summed E-state index contributed by atoms with van der Waals surface area (Å²) in [4.78, 5) is 15.9. The molecular weight excluding hydrogens is 262 g/mol. The number of nitrogen functional groups attached to an aromatic ring is 1. The van der Waals surface area contributed by atoms with Crippen LogP contribution in [0.5, 0.6) is 0 Å². The van der Waals surface area contributed by atoms with Gasteiger partial charge in [0.2, 0.25) is 0 Å². The molecule has 98 valence electrons. The molecule has 0 radical (unpaired) electrons. The van der Waals surface area contributed by atoms with E-state index in [0.29, 0.717) is 16.4 Å². The van der Waals surface area contributed by atoms with Crippen molar-refractivity contribution in [1.82, 2.24) is 10.3 Å². The quantitative estimate of drug-likeness (QED) is 0.905. The number of pyridine rings is 1. The molecule has 1 atom stereocenters.